The molecule has 0 atom stereocenters. The number of nitrogens with two attached hydrogens (primary N) is 1. The number of hydrogen-bond donors (Lipinski definition) is 3. The minimum Gasteiger partial charge on any atom is -0.508 e. The molecule has 2 rings (SSSR count). The van der Waals surface area contributed by atoms with Gasteiger partial charge >= 0.3 is 0 Å². The highest BCUT2D eigenvalue weighted by Gasteiger charge is 2.10. The number of rotatable bonds is 4. The lowest BCUT2D eigenvalue weighted by atomic mass is 9.97. The molecule has 0 heterocycles. The van der Waals surface area contributed by atoms with Gasteiger partial charge in [0.25, 0.3) is 0 Å². The Hall–Kier alpha value is -2.07. The normalized spacial score (nSPS) is 11.3. The summed E-state index contributed by atoms with van der Waals surface area (Å²) >= 11 is 3.37. The summed E-state index contributed by atoms with van der Waals surface area (Å²) < 4.78 is 0.966. The van der Waals surface area contributed by atoms with Crippen molar-refractivity contribution in [3.05, 3.63) is 75.9 Å². The van der Waals surface area contributed by atoms with Gasteiger partial charge in [0.2, 0.25) is 0 Å². The Morgan fingerprint density at radius 3 is 2.40 bits per heavy atom. The molecule has 0 saturated carbocycles. The summed E-state index contributed by atoms with van der Waals surface area (Å²) in [6.07, 6.45) is 1.86. The van der Waals surface area contributed by atoms with Crippen molar-refractivity contribution in [2.45, 2.75) is 6.42 Å². The number of allylic oxidation sites excluding steroid dienone is 1. The highest BCUT2D eigenvalue weighted by Crippen LogP contribution is 2.21. The molecule has 3 nitrogen and oxygen atoms in total. The second kappa shape index (κ2) is 6.39. The smallest absolute Gasteiger partial charge is 0.119 e. The number of aromatic hydroxyl groups is 1. The summed E-state index contributed by atoms with van der Waals surface area (Å²) in [7, 11) is 0. The van der Waals surface area contributed by atoms with Gasteiger partial charge in [-0.25, -0.2) is 0 Å². The molecule has 2 aromatic rings. The molecular formula is C16H15BrN2O. The standard InChI is InChI=1S/C16H15BrN2O/c17-14-7-5-11(6-8-14)16(19)13(10-18)9-12-3-1-2-4-15(12)20/h1-8,10,19-20H,9,18H2/b13-10-,19-16?. The van der Waals surface area contributed by atoms with Gasteiger partial charge < -0.3 is 10.8 Å². The minimum absolute atomic E-state index is 0.218. The average Bonchev–Trinajstić information content (AvgIpc) is 2.46. The van der Waals surface area contributed by atoms with Crippen molar-refractivity contribution in [2.24, 2.45) is 5.73 Å². The molecule has 0 spiro atoms. The molecule has 0 aliphatic rings. The van der Waals surface area contributed by atoms with Crippen LogP contribution in [0.4, 0.5) is 0 Å². The maximum Gasteiger partial charge on any atom is 0.119 e. The zero-order chi connectivity index (χ0) is 14.5. The first-order valence-corrected chi connectivity index (χ1v) is 6.93. The number of nitrogens with one attached hydrogen (secondary N) is 1. The topological polar surface area (TPSA) is 70.1 Å². The lowest BCUT2D eigenvalue weighted by Crippen LogP contribution is -2.08. The van der Waals surface area contributed by atoms with Gasteiger partial charge in [-0.2, -0.15) is 0 Å². The second-order valence-corrected chi connectivity index (χ2v) is 5.29. The van der Waals surface area contributed by atoms with Crippen LogP contribution in [0.5, 0.6) is 5.75 Å². The van der Waals surface area contributed by atoms with Crippen LogP contribution in [0.1, 0.15) is 11.1 Å². The molecule has 4 N–H and O–H groups in total. The van der Waals surface area contributed by atoms with E-state index in [9.17, 15) is 5.11 Å². The summed E-state index contributed by atoms with van der Waals surface area (Å²) in [5.74, 6) is 0.218. The highest BCUT2D eigenvalue weighted by molar-refractivity contribution is 9.10. The molecule has 4 heteroatoms. The van der Waals surface area contributed by atoms with E-state index in [4.69, 9.17) is 11.1 Å². The quantitative estimate of drug-likeness (QED) is 0.749. The SMILES string of the molecule is N=C(/C(=C\N)Cc1ccccc1O)c1ccc(Br)cc1. The van der Waals surface area contributed by atoms with Gasteiger partial charge in [0.1, 0.15) is 5.75 Å². The van der Waals surface area contributed by atoms with Crippen LogP contribution in [-0.2, 0) is 6.42 Å². The second-order valence-electron chi connectivity index (χ2n) is 4.38. The van der Waals surface area contributed by atoms with Gasteiger partial charge in [-0.1, -0.05) is 46.3 Å². The van der Waals surface area contributed by atoms with Gasteiger partial charge in [0.05, 0.1) is 5.71 Å². The first kappa shape index (κ1) is 14.3. The van der Waals surface area contributed by atoms with Gasteiger partial charge in [-0.05, 0) is 41.1 Å². The molecule has 0 unspecified atom stereocenters. The van der Waals surface area contributed by atoms with Crippen molar-refractivity contribution in [3.8, 4) is 5.75 Å². The first-order chi connectivity index (χ1) is 9.61. The molecule has 0 aliphatic heterocycles. The number of phenols is 1. The Morgan fingerprint density at radius 1 is 1.15 bits per heavy atom. The molecule has 0 radical (unpaired) electrons. The van der Waals surface area contributed by atoms with E-state index in [0.29, 0.717) is 17.7 Å². The van der Waals surface area contributed by atoms with Crippen molar-refractivity contribution in [2.75, 3.05) is 0 Å². The summed E-state index contributed by atoms with van der Waals surface area (Å²) in [6, 6.07) is 14.6. The van der Waals surface area contributed by atoms with Gasteiger partial charge in [-0.3, -0.25) is 5.41 Å². The van der Waals surface area contributed by atoms with Gasteiger partial charge in [-0.15, -0.1) is 0 Å². The van der Waals surface area contributed by atoms with Crippen LogP contribution in [0.15, 0.2) is 64.8 Å². The van der Waals surface area contributed by atoms with Crippen LogP contribution in [-0.4, -0.2) is 10.8 Å². The van der Waals surface area contributed by atoms with E-state index in [1.54, 1.807) is 12.1 Å². The van der Waals surface area contributed by atoms with E-state index in [1.165, 1.54) is 6.20 Å². The minimum atomic E-state index is 0.218. The maximum atomic E-state index is 9.80. The summed E-state index contributed by atoms with van der Waals surface area (Å²) in [6.45, 7) is 0. The third kappa shape index (κ3) is 3.27. The average molecular weight is 331 g/mol. The molecule has 0 fully saturated rings. The zero-order valence-corrected chi connectivity index (χ0v) is 12.4. The van der Waals surface area contributed by atoms with E-state index in [1.807, 2.05) is 36.4 Å². The molecule has 102 valence electrons. The lowest BCUT2D eigenvalue weighted by molar-refractivity contribution is 0.469. The first-order valence-electron chi connectivity index (χ1n) is 6.14. The van der Waals surface area contributed by atoms with Crippen LogP contribution in [0.3, 0.4) is 0 Å². The fourth-order valence-electron chi connectivity index (χ4n) is 1.90. The molecular weight excluding hydrogens is 316 g/mol. The molecule has 0 aliphatic carbocycles. The van der Waals surface area contributed by atoms with E-state index >= 15 is 0 Å². The maximum absolute atomic E-state index is 9.80. The Morgan fingerprint density at radius 2 is 1.80 bits per heavy atom. The van der Waals surface area contributed by atoms with Crippen LogP contribution < -0.4 is 5.73 Å². The zero-order valence-electron chi connectivity index (χ0n) is 10.8. The van der Waals surface area contributed by atoms with Crippen LogP contribution >= 0.6 is 15.9 Å². The van der Waals surface area contributed by atoms with Crippen molar-refractivity contribution in [1.82, 2.24) is 0 Å². The monoisotopic (exact) mass is 330 g/mol. The van der Waals surface area contributed by atoms with Crippen molar-refractivity contribution < 1.29 is 5.11 Å². The summed E-state index contributed by atoms with van der Waals surface area (Å²) in [5, 5.41) is 18.0. The number of phenolic OH excluding ortho intramolecular Hbond substituents is 1. The number of benzene rings is 2. The number of para-hydroxylation sites is 1. The Kier molecular flexibility index (Phi) is 4.58. The number of halogens is 1. The molecule has 20 heavy (non-hydrogen) atoms. The van der Waals surface area contributed by atoms with Gasteiger partial charge in [0, 0.05) is 10.9 Å². The fourth-order valence-corrected chi connectivity index (χ4v) is 2.16. The fraction of sp³-hybridized carbons (Fsp3) is 0.0625. The van der Waals surface area contributed by atoms with E-state index in [-0.39, 0.29) is 5.75 Å². The lowest BCUT2D eigenvalue weighted by Gasteiger charge is -2.10. The molecule has 0 aromatic heterocycles. The molecule has 0 saturated heterocycles. The van der Waals surface area contributed by atoms with Crippen molar-refractivity contribution in [1.29, 1.82) is 5.41 Å². The summed E-state index contributed by atoms with van der Waals surface area (Å²) in [4.78, 5) is 0. The number of hydrogen-bond acceptors (Lipinski definition) is 3. The van der Waals surface area contributed by atoms with E-state index < -0.39 is 0 Å². The largest absolute Gasteiger partial charge is 0.508 e. The molecule has 0 amide bonds. The highest BCUT2D eigenvalue weighted by atomic mass is 79.9. The third-order valence-corrected chi connectivity index (χ3v) is 3.56. The summed E-state index contributed by atoms with van der Waals surface area (Å²) in [5.41, 5.74) is 8.23. The molecule has 0 bridgehead atoms. The Bertz CT molecular complexity index is 648. The van der Waals surface area contributed by atoms with Crippen LogP contribution in [0.25, 0.3) is 0 Å². The molecule has 2 aromatic carbocycles. The predicted octanol–water partition coefficient (Wildman–Crippen LogP) is 3.61. The van der Waals surface area contributed by atoms with E-state index in [2.05, 4.69) is 15.9 Å². The third-order valence-electron chi connectivity index (χ3n) is 3.03. The van der Waals surface area contributed by atoms with Crippen LogP contribution in [0, 0.1) is 5.41 Å². The Labute approximate surface area is 126 Å². The van der Waals surface area contributed by atoms with Gasteiger partial charge in [0.15, 0.2) is 0 Å². The Balaban J connectivity index is 2.23. The predicted molar refractivity (Wildman–Crippen MR) is 85.1 cm³/mol. The van der Waals surface area contributed by atoms with Crippen molar-refractivity contribution >= 4 is 21.6 Å². The van der Waals surface area contributed by atoms with E-state index in [0.717, 1.165) is 15.6 Å². The van der Waals surface area contributed by atoms with Crippen LogP contribution in [0.2, 0.25) is 0 Å². The van der Waals surface area contributed by atoms with Crippen molar-refractivity contribution in [3.63, 3.8) is 0 Å².